The van der Waals surface area contributed by atoms with Crippen LogP contribution in [-0.4, -0.2) is 31.4 Å². The summed E-state index contributed by atoms with van der Waals surface area (Å²) in [5.41, 5.74) is 3.83. The summed E-state index contributed by atoms with van der Waals surface area (Å²) in [5.74, 6) is -1.22. The number of nitrogens with one attached hydrogen (secondary N) is 1. The minimum absolute atomic E-state index is 0.0662. The molecule has 2 aromatic rings. The van der Waals surface area contributed by atoms with Gasteiger partial charge < -0.3 is 15.0 Å². The van der Waals surface area contributed by atoms with Crippen LogP contribution < -0.4 is 10.2 Å². The van der Waals surface area contributed by atoms with Crippen LogP contribution in [0.2, 0.25) is 0 Å². The predicted molar refractivity (Wildman–Crippen MR) is 103 cm³/mol. The van der Waals surface area contributed by atoms with E-state index in [-0.39, 0.29) is 18.2 Å². The summed E-state index contributed by atoms with van der Waals surface area (Å²) >= 11 is 0. The van der Waals surface area contributed by atoms with Crippen molar-refractivity contribution in [2.75, 3.05) is 23.9 Å². The van der Waals surface area contributed by atoms with Crippen molar-refractivity contribution in [2.45, 2.75) is 20.3 Å². The van der Waals surface area contributed by atoms with Crippen LogP contribution in [-0.2, 0) is 14.3 Å². The van der Waals surface area contributed by atoms with Crippen LogP contribution in [0.5, 0.6) is 0 Å². The molecule has 2 amide bonds. The van der Waals surface area contributed by atoms with Gasteiger partial charge in [0.25, 0.3) is 0 Å². The molecule has 0 spiro atoms. The Hall–Kier alpha value is -3.15. The van der Waals surface area contributed by atoms with Gasteiger partial charge >= 0.3 is 5.97 Å². The molecule has 0 bridgehead atoms. The van der Waals surface area contributed by atoms with Gasteiger partial charge in [-0.3, -0.25) is 9.59 Å². The molecule has 1 aliphatic heterocycles. The number of benzene rings is 2. The van der Waals surface area contributed by atoms with E-state index in [4.69, 9.17) is 0 Å². The number of carbonyl (C=O) groups excluding carboxylic acids is 3. The standard InChI is InChI=1S/C21H22N2O4/c1-13-7-14(2)9-18(8-13)23-12-16(11-19(23)24)20(25)22-17-6-4-5-15(10-17)21(26)27-3/h4-10,16H,11-12H2,1-3H3,(H,22,25). The lowest BCUT2D eigenvalue weighted by Crippen LogP contribution is -2.28. The van der Waals surface area contributed by atoms with Gasteiger partial charge in [0.1, 0.15) is 0 Å². The predicted octanol–water partition coefficient (Wildman–Crippen LogP) is 3.08. The summed E-state index contributed by atoms with van der Waals surface area (Å²) in [5, 5.41) is 2.79. The molecule has 1 N–H and O–H groups in total. The first-order chi connectivity index (χ1) is 12.9. The number of ether oxygens (including phenoxy) is 1. The second-order valence-corrected chi connectivity index (χ2v) is 6.81. The Bertz CT molecular complexity index is 887. The number of esters is 1. The molecule has 1 unspecified atom stereocenters. The minimum Gasteiger partial charge on any atom is -0.465 e. The number of rotatable bonds is 4. The van der Waals surface area contributed by atoms with Crippen molar-refractivity contribution in [1.29, 1.82) is 0 Å². The molecule has 27 heavy (non-hydrogen) atoms. The van der Waals surface area contributed by atoms with Crippen molar-refractivity contribution in [3.05, 3.63) is 59.2 Å². The van der Waals surface area contributed by atoms with Gasteiger partial charge in [0, 0.05) is 24.3 Å². The average molecular weight is 366 g/mol. The molecule has 140 valence electrons. The number of aryl methyl sites for hydroxylation is 2. The van der Waals surface area contributed by atoms with Crippen molar-refractivity contribution in [1.82, 2.24) is 0 Å². The van der Waals surface area contributed by atoms with Gasteiger partial charge in [0.15, 0.2) is 0 Å². The normalized spacial score (nSPS) is 16.3. The highest BCUT2D eigenvalue weighted by molar-refractivity contribution is 6.04. The molecule has 0 aliphatic carbocycles. The van der Waals surface area contributed by atoms with Crippen molar-refractivity contribution in [3.8, 4) is 0 Å². The summed E-state index contributed by atoms with van der Waals surface area (Å²) < 4.78 is 4.69. The van der Waals surface area contributed by atoms with Crippen LogP contribution in [0.1, 0.15) is 27.9 Å². The van der Waals surface area contributed by atoms with Gasteiger partial charge in [-0.25, -0.2) is 4.79 Å². The maximum atomic E-state index is 12.6. The monoisotopic (exact) mass is 366 g/mol. The summed E-state index contributed by atoms with van der Waals surface area (Å²) in [7, 11) is 1.30. The Morgan fingerprint density at radius 3 is 2.48 bits per heavy atom. The van der Waals surface area contributed by atoms with E-state index in [0.717, 1.165) is 16.8 Å². The number of hydrogen-bond acceptors (Lipinski definition) is 4. The second-order valence-electron chi connectivity index (χ2n) is 6.81. The molecule has 1 fully saturated rings. The molecular formula is C21H22N2O4. The van der Waals surface area contributed by atoms with E-state index in [1.54, 1.807) is 29.2 Å². The third kappa shape index (κ3) is 4.16. The lowest BCUT2D eigenvalue weighted by molar-refractivity contribution is -0.122. The Morgan fingerprint density at radius 1 is 1.11 bits per heavy atom. The third-order valence-electron chi connectivity index (χ3n) is 4.57. The average Bonchev–Trinajstić information content (AvgIpc) is 3.02. The first-order valence-electron chi connectivity index (χ1n) is 8.75. The highest BCUT2D eigenvalue weighted by Gasteiger charge is 2.35. The molecule has 6 nitrogen and oxygen atoms in total. The fourth-order valence-electron chi connectivity index (χ4n) is 3.33. The Morgan fingerprint density at radius 2 is 1.81 bits per heavy atom. The topological polar surface area (TPSA) is 75.7 Å². The zero-order chi connectivity index (χ0) is 19.6. The quantitative estimate of drug-likeness (QED) is 0.844. The second kappa shape index (κ2) is 7.61. The van der Waals surface area contributed by atoms with Crippen LogP contribution in [0.25, 0.3) is 0 Å². The summed E-state index contributed by atoms with van der Waals surface area (Å²) in [6.45, 7) is 4.30. The Kier molecular flexibility index (Phi) is 5.26. The van der Waals surface area contributed by atoms with E-state index in [9.17, 15) is 14.4 Å². The number of anilines is 2. The van der Waals surface area contributed by atoms with Crippen molar-refractivity contribution in [3.63, 3.8) is 0 Å². The smallest absolute Gasteiger partial charge is 0.337 e. The van der Waals surface area contributed by atoms with E-state index in [1.807, 2.05) is 32.0 Å². The number of methoxy groups -OCH3 is 1. The lowest BCUT2D eigenvalue weighted by Gasteiger charge is -2.18. The molecule has 1 heterocycles. The number of nitrogens with zero attached hydrogens (tertiary/aromatic N) is 1. The first-order valence-corrected chi connectivity index (χ1v) is 8.75. The maximum Gasteiger partial charge on any atom is 0.337 e. The van der Waals surface area contributed by atoms with Gasteiger partial charge in [-0.2, -0.15) is 0 Å². The Labute approximate surface area is 158 Å². The summed E-state index contributed by atoms with van der Waals surface area (Å²) in [6.07, 6.45) is 0.162. The van der Waals surface area contributed by atoms with Crippen LogP contribution in [0.4, 0.5) is 11.4 Å². The van der Waals surface area contributed by atoms with E-state index in [0.29, 0.717) is 17.8 Å². The zero-order valence-electron chi connectivity index (χ0n) is 15.6. The van der Waals surface area contributed by atoms with E-state index in [1.165, 1.54) is 7.11 Å². The summed E-state index contributed by atoms with van der Waals surface area (Å²) in [6, 6.07) is 12.5. The SMILES string of the molecule is COC(=O)c1cccc(NC(=O)C2CC(=O)N(c3cc(C)cc(C)c3)C2)c1. The van der Waals surface area contributed by atoms with Gasteiger partial charge in [-0.15, -0.1) is 0 Å². The highest BCUT2D eigenvalue weighted by atomic mass is 16.5. The zero-order valence-corrected chi connectivity index (χ0v) is 15.6. The van der Waals surface area contributed by atoms with Crippen LogP contribution >= 0.6 is 0 Å². The molecule has 0 saturated carbocycles. The summed E-state index contributed by atoms with van der Waals surface area (Å²) in [4.78, 5) is 38.3. The highest BCUT2D eigenvalue weighted by Crippen LogP contribution is 2.27. The van der Waals surface area contributed by atoms with Crippen LogP contribution in [0, 0.1) is 19.8 Å². The maximum absolute atomic E-state index is 12.6. The molecule has 2 aromatic carbocycles. The van der Waals surface area contributed by atoms with E-state index >= 15 is 0 Å². The lowest BCUT2D eigenvalue weighted by atomic mass is 10.1. The van der Waals surface area contributed by atoms with Gasteiger partial charge in [-0.1, -0.05) is 12.1 Å². The Balaban J connectivity index is 1.72. The molecule has 1 atom stereocenters. The van der Waals surface area contributed by atoms with E-state index < -0.39 is 11.9 Å². The van der Waals surface area contributed by atoms with Crippen LogP contribution in [0.15, 0.2) is 42.5 Å². The number of amides is 2. The molecule has 1 saturated heterocycles. The fourth-order valence-corrected chi connectivity index (χ4v) is 3.33. The van der Waals surface area contributed by atoms with Gasteiger partial charge in [-0.05, 0) is 55.3 Å². The van der Waals surface area contributed by atoms with Gasteiger partial charge in [0.2, 0.25) is 11.8 Å². The molecule has 0 aromatic heterocycles. The van der Waals surface area contributed by atoms with Crippen molar-refractivity contribution in [2.24, 2.45) is 5.92 Å². The minimum atomic E-state index is -0.469. The largest absolute Gasteiger partial charge is 0.465 e. The van der Waals surface area contributed by atoms with Crippen molar-refractivity contribution < 1.29 is 19.1 Å². The molecule has 3 rings (SSSR count). The first kappa shape index (κ1) is 18.6. The molecule has 1 aliphatic rings. The third-order valence-corrected chi connectivity index (χ3v) is 4.57. The number of hydrogen-bond donors (Lipinski definition) is 1. The molecular weight excluding hydrogens is 344 g/mol. The molecule has 0 radical (unpaired) electrons. The van der Waals surface area contributed by atoms with Gasteiger partial charge in [0.05, 0.1) is 18.6 Å². The molecule has 6 heteroatoms. The van der Waals surface area contributed by atoms with Crippen LogP contribution in [0.3, 0.4) is 0 Å². The van der Waals surface area contributed by atoms with Crippen molar-refractivity contribution >= 4 is 29.2 Å². The van der Waals surface area contributed by atoms with E-state index in [2.05, 4.69) is 10.1 Å². The number of carbonyl (C=O) groups is 3. The fraction of sp³-hybridized carbons (Fsp3) is 0.286.